The van der Waals surface area contributed by atoms with Crippen molar-refractivity contribution in [3.63, 3.8) is 0 Å². The quantitative estimate of drug-likeness (QED) is 0.834. The zero-order valence-electron chi connectivity index (χ0n) is 11.2. The second-order valence-corrected chi connectivity index (χ2v) is 5.37. The highest BCUT2D eigenvalue weighted by molar-refractivity contribution is 5.85. The summed E-state index contributed by atoms with van der Waals surface area (Å²) in [6.45, 7) is 0. The third kappa shape index (κ3) is 2.69. The van der Waals surface area contributed by atoms with Crippen LogP contribution in [0, 0.1) is 0 Å². The van der Waals surface area contributed by atoms with Crippen molar-refractivity contribution in [1.29, 1.82) is 0 Å². The molecule has 0 aliphatic heterocycles. The highest BCUT2D eigenvalue weighted by Crippen LogP contribution is 2.29. The van der Waals surface area contributed by atoms with E-state index in [-0.39, 0.29) is 6.04 Å². The predicted octanol–water partition coefficient (Wildman–Crippen LogP) is 4.13. The molecular formula is C17H20N2. The van der Waals surface area contributed by atoms with E-state index in [0.717, 1.165) is 6.42 Å². The Kier molecular flexibility index (Phi) is 3.60. The fraction of sp³-hybridized carbons (Fsp3) is 0.353. The van der Waals surface area contributed by atoms with Crippen molar-refractivity contribution in [1.82, 2.24) is 4.98 Å². The molecule has 0 fully saturated rings. The number of aromatic nitrogens is 1. The van der Waals surface area contributed by atoms with Crippen LogP contribution < -0.4 is 5.73 Å². The Hall–Kier alpha value is -1.67. The number of nitrogens with two attached hydrogens (primary N) is 1. The van der Waals surface area contributed by atoms with Gasteiger partial charge in [0.25, 0.3) is 0 Å². The van der Waals surface area contributed by atoms with Gasteiger partial charge >= 0.3 is 0 Å². The van der Waals surface area contributed by atoms with E-state index in [9.17, 15) is 0 Å². The van der Waals surface area contributed by atoms with Crippen LogP contribution in [0.25, 0.3) is 10.8 Å². The second-order valence-electron chi connectivity index (χ2n) is 5.37. The average Bonchev–Trinajstić information content (AvgIpc) is 2.47. The van der Waals surface area contributed by atoms with Gasteiger partial charge in [0.2, 0.25) is 0 Å². The van der Waals surface area contributed by atoms with Crippen molar-refractivity contribution in [2.45, 2.75) is 38.1 Å². The minimum atomic E-state index is 0.0583. The zero-order chi connectivity index (χ0) is 13.1. The van der Waals surface area contributed by atoms with Crippen LogP contribution in [0.3, 0.4) is 0 Å². The molecule has 19 heavy (non-hydrogen) atoms. The molecule has 1 aliphatic carbocycles. The highest BCUT2D eigenvalue weighted by atomic mass is 14.7. The van der Waals surface area contributed by atoms with E-state index >= 15 is 0 Å². The first-order chi connectivity index (χ1) is 9.34. The van der Waals surface area contributed by atoms with Crippen LogP contribution in [0.1, 0.15) is 43.7 Å². The second kappa shape index (κ2) is 5.54. The summed E-state index contributed by atoms with van der Waals surface area (Å²) in [5, 5.41) is 2.41. The Morgan fingerprint density at radius 1 is 1.16 bits per heavy atom. The molecule has 2 N–H and O–H groups in total. The lowest BCUT2D eigenvalue weighted by Gasteiger charge is -2.18. The number of hydrogen-bond acceptors (Lipinski definition) is 2. The summed E-state index contributed by atoms with van der Waals surface area (Å²) in [5.74, 6) is 0. The number of nitrogens with zero attached hydrogens (tertiary/aromatic N) is 1. The van der Waals surface area contributed by atoms with Crippen LogP contribution in [0.5, 0.6) is 0 Å². The molecule has 0 amide bonds. The number of benzene rings is 1. The molecule has 2 aromatic rings. The molecule has 3 rings (SSSR count). The molecule has 1 heterocycles. The number of rotatable bonds is 3. The Labute approximate surface area is 114 Å². The van der Waals surface area contributed by atoms with E-state index in [4.69, 9.17) is 5.73 Å². The number of hydrogen-bond donors (Lipinski definition) is 1. The normalized spacial score (nSPS) is 17.2. The SMILES string of the molecule is NC(CC1=CCCCC1)c1cncc2ccccc12. The molecule has 1 aromatic carbocycles. The summed E-state index contributed by atoms with van der Waals surface area (Å²) in [7, 11) is 0. The van der Waals surface area contributed by atoms with Crippen molar-refractivity contribution in [3.8, 4) is 0 Å². The first-order valence-electron chi connectivity index (χ1n) is 7.11. The van der Waals surface area contributed by atoms with E-state index < -0.39 is 0 Å². The standard InChI is InChI=1S/C17H20N2/c18-17(10-13-6-2-1-3-7-13)16-12-19-11-14-8-4-5-9-15(14)16/h4-6,8-9,11-12,17H,1-3,7,10,18H2. The molecule has 2 nitrogen and oxygen atoms in total. The molecule has 0 saturated carbocycles. The van der Waals surface area contributed by atoms with E-state index in [2.05, 4.69) is 29.3 Å². The largest absolute Gasteiger partial charge is 0.324 e. The van der Waals surface area contributed by atoms with Gasteiger partial charge in [0.15, 0.2) is 0 Å². The minimum Gasteiger partial charge on any atom is -0.324 e. The maximum atomic E-state index is 6.41. The van der Waals surface area contributed by atoms with Gasteiger partial charge in [0.05, 0.1) is 0 Å². The maximum absolute atomic E-state index is 6.41. The monoisotopic (exact) mass is 252 g/mol. The zero-order valence-corrected chi connectivity index (χ0v) is 11.2. The Bertz CT molecular complexity index is 596. The average molecular weight is 252 g/mol. The summed E-state index contributed by atoms with van der Waals surface area (Å²) in [4.78, 5) is 4.33. The maximum Gasteiger partial charge on any atom is 0.0354 e. The third-order valence-electron chi connectivity index (χ3n) is 3.97. The lowest BCUT2D eigenvalue weighted by molar-refractivity contribution is 0.629. The van der Waals surface area contributed by atoms with Gasteiger partial charge in [-0.05, 0) is 43.1 Å². The molecule has 1 atom stereocenters. The lowest BCUT2D eigenvalue weighted by atomic mass is 9.91. The molecule has 1 aliphatic rings. The van der Waals surface area contributed by atoms with Crippen LogP contribution in [-0.4, -0.2) is 4.98 Å². The number of allylic oxidation sites excluding steroid dienone is 1. The first kappa shape index (κ1) is 12.4. The van der Waals surface area contributed by atoms with Crippen LogP contribution in [0.2, 0.25) is 0 Å². The summed E-state index contributed by atoms with van der Waals surface area (Å²) < 4.78 is 0. The van der Waals surface area contributed by atoms with Crippen LogP contribution in [-0.2, 0) is 0 Å². The van der Waals surface area contributed by atoms with E-state index in [1.165, 1.54) is 47.6 Å². The van der Waals surface area contributed by atoms with E-state index in [1.54, 1.807) is 0 Å². The van der Waals surface area contributed by atoms with Gasteiger partial charge in [0.1, 0.15) is 0 Å². The highest BCUT2D eigenvalue weighted by Gasteiger charge is 2.13. The molecule has 0 saturated heterocycles. The Morgan fingerprint density at radius 3 is 2.89 bits per heavy atom. The van der Waals surface area contributed by atoms with Crippen molar-refractivity contribution in [3.05, 3.63) is 53.9 Å². The predicted molar refractivity (Wildman–Crippen MR) is 79.8 cm³/mol. The van der Waals surface area contributed by atoms with Gasteiger partial charge < -0.3 is 5.73 Å². The lowest BCUT2D eigenvalue weighted by Crippen LogP contribution is -2.13. The fourth-order valence-corrected chi connectivity index (χ4v) is 2.92. The summed E-state index contributed by atoms with van der Waals surface area (Å²) in [6, 6.07) is 8.41. The van der Waals surface area contributed by atoms with Gasteiger partial charge in [0, 0.05) is 23.8 Å². The van der Waals surface area contributed by atoms with Crippen molar-refractivity contribution in [2.24, 2.45) is 5.73 Å². The van der Waals surface area contributed by atoms with Crippen LogP contribution in [0.15, 0.2) is 48.3 Å². The summed E-state index contributed by atoms with van der Waals surface area (Å²) in [6.07, 6.45) is 12.3. The molecule has 2 heteroatoms. The molecule has 98 valence electrons. The molecular weight excluding hydrogens is 232 g/mol. The smallest absolute Gasteiger partial charge is 0.0354 e. The Morgan fingerprint density at radius 2 is 2.05 bits per heavy atom. The van der Waals surface area contributed by atoms with Crippen LogP contribution in [0.4, 0.5) is 0 Å². The molecule has 1 aromatic heterocycles. The molecule has 0 radical (unpaired) electrons. The Balaban J connectivity index is 1.88. The fourth-order valence-electron chi connectivity index (χ4n) is 2.92. The van der Waals surface area contributed by atoms with Crippen LogP contribution >= 0.6 is 0 Å². The van der Waals surface area contributed by atoms with Crippen molar-refractivity contribution >= 4 is 10.8 Å². The van der Waals surface area contributed by atoms with E-state index in [0.29, 0.717) is 0 Å². The van der Waals surface area contributed by atoms with Gasteiger partial charge in [-0.1, -0.05) is 35.9 Å². The van der Waals surface area contributed by atoms with Gasteiger partial charge in [-0.3, -0.25) is 4.98 Å². The van der Waals surface area contributed by atoms with Crippen molar-refractivity contribution in [2.75, 3.05) is 0 Å². The van der Waals surface area contributed by atoms with Gasteiger partial charge in [-0.15, -0.1) is 0 Å². The number of fused-ring (bicyclic) bond motifs is 1. The van der Waals surface area contributed by atoms with E-state index in [1.807, 2.05) is 18.5 Å². The summed E-state index contributed by atoms with van der Waals surface area (Å²) >= 11 is 0. The topological polar surface area (TPSA) is 38.9 Å². The number of pyridine rings is 1. The minimum absolute atomic E-state index is 0.0583. The van der Waals surface area contributed by atoms with Gasteiger partial charge in [-0.25, -0.2) is 0 Å². The summed E-state index contributed by atoms with van der Waals surface area (Å²) in [5.41, 5.74) is 9.10. The molecule has 0 bridgehead atoms. The molecule has 1 unspecified atom stereocenters. The first-order valence-corrected chi connectivity index (χ1v) is 7.11. The molecule has 0 spiro atoms. The van der Waals surface area contributed by atoms with Crippen molar-refractivity contribution < 1.29 is 0 Å². The third-order valence-corrected chi connectivity index (χ3v) is 3.97. The van der Waals surface area contributed by atoms with Gasteiger partial charge in [-0.2, -0.15) is 0 Å².